The largest absolute Gasteiger partial charge is 0.386 e. The first-order valence-electron chi connectivity index (χ1n) is 4.56. The van der Waals surface area contributed by atoms with Crippen LogP contribution in [-0.2, 0) is 13.0 Å². The van der Waals surface area contributed by atoms with E-state index in [0.29, 0.717) is 24.7 Å². The molecule has 1 aromatic rings. The summed E-state index contributed by atoms with van der Waals surface area (Å²) in [4.78, 5) is 20.1. The Morgan fingerprint density at radius 1 is 1.57 bits per heavy atom. The van der Waals surface area contributed by atoms with Crippen LogP contribution in [0.15, 0.2) is 9.79 Å². The summed E-state index contributed by atoms with van der Waals surface area (Å²) in [5.74, 6) is 0.879. The molecule has 2 rings (SSSR count). The van der Waals surface area contributed by atoms with Gasteiger partial charge < -0.3 is 5.73 Å². The normalized spacial score (nSPS) is 14.0. The summed E-state index contributed by atoms with van der Waals surface area (Å²) in [5, 5.41) is 0. The second-order valence-corrected chi connectivity index (χ2v) is 3.32. The second kappa shape index (κ2) is 2.94. The van der Waals surface area contributed by atoms with Crippen molar-refractivity contribution < 1.29 is 0 Å². The SMILES string of the molecule is CCc1c(C)nc2n(c1=O)CC(N)=N2. The maximum Gasteiger partial charge on any atom is 0.258 e. The molecule has 2 N–H and O–H groups in total. The first kappa shape index (κ1) is 8.93. The predicted octanol–water partition coefficient (Wildman–Crippen LogP) is 0.116. The molecule has 0 aliphatic carbocycles. The lowest BCUT2D eigenvalue weighted by atomic mass is 10.2. The average Bonchev–Trinajstić information content (AvgIpc) is 2.47. The van der Waals surface area contributed by atoms with Gasteiger partial charge in [0.05, 0.1) is 12.2 Å². The van der Waals surface area contributed by atoms with Crippen LogP contribution in [0, 0.1) is 6.92 Å². The zero-order valence-electron chi connectivity index (χ0n) is 8.24. The highest BCUT2D eigenvalue weighted by atomic mass is 16.1. The molecular formula is C9H12N4O. The van der Waals surface area contributed by atoms with Crippen molar-refractivity contribution in [2.75, 3.05) is 0 Å². The van der Waals surface area contributed by atoms with Gasteiger partial charge in [0.15, 0.2) is 0 Å². The van der Waals surface area contributed by atoms with Gasteiger partial charge in [-0.1, -0.05) is 6.92 Å². The minimum absolute atomic E-state index is 0.0146. The minimum Gasteiger partial charge on any atom is -0.386 e. The van der Waals surface area contributed by atoms with Crippen LogP contribution in [0.25, 0.3) is 0 Å². The molecule has 0 amide bonds. The van der Waals surface area contributed by atoms with Crippen molar-refractivity contribution in [3.05, 3.63) is 21.6 Å². The Kier molecular flexibility index (Phi) is 1.87. The summed E-state index contributed by atoms with van der Waals surface area (Å²) in [6.07, 6.45) is 0.692. The first-order chi connectivity index (χ1) is 6.63. The van der Waals surface area contributed by atoms with Gasteiger partial charge in [0.2, 0.25) is 5.95 Å². The molecule has 1 aromatic heterocycles. The Morgan fingerprint density at radius 2 is 2.29 bits per heavy atom. The third-order valence-electron chi connectivity index (χ3n) is 2.37. The molecule has 5 nitrogen and oxygen atoms in total. The van der Waals surface area contributed by atoms with E-state index >= 15 is 0 Å². The molecule has 14 heavy (non-hydrogen) atoms. The van der Waals surface area contributed by atoms with E-state index < -0.39 is 0 Å². The predicted molar refractivity (Wildman–Crippen MR) is 53.9 cm³/mol. The minimum atomic E-state index is -0.0146. The molecule has 0 radical (unpaired) electrons. The molecule has 0 atom stereocenters. The quantitative estimate of drug-likeness (QED) is 0.686. The van der Waals surface area contributed by atoms with E-state index in [1.54, 1.807) is 0 Å². The number of aromatic nitrogens is 2. The summed E-state index contributed by atoms with van der Waals surface area (Å²) in [7, 11) is 0. The third kappa shape index (κ3) is 1.13. The standard InChI is InChI=1S/C9H12N4O/c1-3-6-5(2)11-9-12-7(10)4-13(9)8(6)14/h3-4H2,1-2H3,(H2,10,11,12). The Hall–Kier alpha value is -1.65. The number of fused-ring (bicyclic) bond motifs is 1. The molecule has 5 heteroatoms. The number of rotatable bonds is 1. The molecule has 0 saturated heterocycles. The van der Waals surface area contributed by atoms with E-state index in [1.807, 2.05) is 13.8 Å². The maximum absolute atomic E-state index is 11.9. The number of nitrogens with zero attached hydrogens (tertiary/aromatic N) is 3. The summed E-state index contributed by atoms with van der Waals surface area (Å²) >= 11 is 0. The Bertz CT molecular complexity index is 472. The van der Waals surface area contributed by atoms with Gasteiger partial charge >= 0.3 is 0 Å². The zero-order valence-corrected chi connectivity index (χ0v) is 8.24. The van der Waals surface area contributed by atoms with Gasteiger partial charge in [-0.2, -0.15) is 4.99 Å². The van der Waals surface area contributed by atoms with Gasteiger partial charge in [0.1, 0.15) is 5.84 Å². The van der Waals surface area contributed by atoms with Crippen molar-refractivity contribution in [2.45, 2.75) is 26.8 Å². The molecule has 2 heterocycles. The molecule has 0 bridgehead atoms. The average molecular weight is 192 g/mol. The van der Waals surface area contributed by atoms with Gasteiger partial charge in [-0.25, -0.2) is 4.98 Å². The van der Waals surface area contributed by atoms with E-state index in [9.17, 15) is 4.79 Å². The fourth-order valence-electron chi connectivity index (χ4n) is 1.65. The number of hydrogen-bond donors (Lipinski definition) is 1. The van der Waals surface area contributed by atoms with Crippen LogP contribution in [0.3, 0.4) is 0 Å². The lowest BCUT2D eigenvalue weighted by Crippen LogP contribution is -2.27. The summed E-state index contributed by atoms with van der Waals surface area (Å²) in [6.45, 7) is 4.14. The second-order valence-electron chi connectivity index (χ2n) is 3.32. The lowest BCUT2D eigenvalue weighted by Gasteiger charge is -2.05. The van der Waals surface area contributed by atoms with Crippen LogP contribution in [-0.4, -0.2) is 15.4 Å². The summed E-state index contributed by atoms with van der Waals surface area (Å²) in [6, 6.07) is 0. The Labute approximate surface area is 81.3 Å². The smallest absolute Gasteiger partial charge is 0.258 e. The molecule has 0 fully saturated rings. The van der Waals surface area contributed by atoms with E-state index in [4.69, 9.17) is 5.73 Å². The number of amidine groups is 1. The Morgan fingerprint density at radius 3 is 2.93 bits per heavy atom. The van der Waals surface area contributed by atoms with Crippen molar-refractivity contribution in [1.82, 2.24) is 9.55 Å². The molecule has 1 aliphatic heterocycles. The third-order valence-corrected chi connectivity index (χ3v) is 2.37. The van der Waals surface area contributed by atoms with Crippen LogP contribution in [0.4, 0.5) is 5.95 Å². The molecule has 1 aliphatic rings. The molecular weight excluding hydrogens is 180 g/mol. The van der Waals surface area contributed by atoms with Crippen LogP contribution in [0.2, 0.25) is 0 Å². The van der Waals surface area contributed by atoms with Crippen molar-refractivity contribution >= 4 is 11.8 Å². The number of aliphatic imine (C=N–C) groups is 1. The topological polar surface area (TPSA) is 73.3 Å². The lowest BCUT2D eigenvalue weighted by molar-refractivity contribution is 0.780. The molecule has 0 aromatic carbocycles. The van der Waals surface area contributed by atoms with Crippen LogP contribution < -0.4 is 11.3 Å². The maximum atomic E-state index is 11.9. The summed E-state index contributed by atoms with van der Waals surface area (Å²) < 4.78 is 1.52. The monoisotopic (exact) mass is 192 g/mol. The van der Waals surface area contributed by atoms with Gasteiger partial charge in [-0.15, -0.1) is 0 Å². The Balaban J connectivity index is 2.69. The van der Waals surface area contributed by atoms with Gasteiger partial charge in [0, 0.05) is 5.56 Å². The van der Waals surface area contributed by atoms with Gasteiger partial charge in [-0.3, -0.25) is 9.36 Å². The van der Waals surface area contributed by atoms with Crippen molar-refractivity contribution in [3.63, 3.8) is 0 Å². The fourth-order valence-corrected chi connectivity index (χ4v) is 1.65. The van der Waals surface area contributed by atoms with Gasteiger partial charge in [-0.05, 0) is 13.3 Å². The highest BCUT2D eigenvalue weighted by molar-refractivity contribution is 5.84. The van der Waals surface area contributed by atoms with Crippen LogP contribution >= 0.6 is 0 Å². The number of aryl methyl sites for hydroxylation is 1. The molecule has 0 unspecified atom stereocenters. The summed E-state index contributed by atoms with van der Waals surface area (Å²) in [5.41, 5.74) is 7.03. The van der Waals surface area contributed by atoms with E-state index in [1.165, 1.54) is 4.57 Å². The number of hydrogen-bond acceptors (Lipinski definition) is 4. The zero-order chi connectivity index (χ0) is 10.3. The van der Waals surface area contributed by atoms with E-state index in [-0.39, 0.29) is 5.56 Å². The highest BCUT2D eigenvalue weighted by Crippen LogP contribution is 2.14. The molecule has 0 spiro atoms. The molecule has 74 valence electrons. The van der Waals surface area contributed by atoms with Gasteiger partial charge in [0.25, 0.3) is 5.56 Å². The van der Waals surface area contributed by atoms with Crippen molar-refractivity contribution in [1.29, 1.82) is 0 Å². The van der Waals surface area contributed by atoms with Crippen LogP contribution in [0.5, 0.6) is 0 Å². The van der Waals surface area contributed by atoms with Crippen molar-refractivity contribution in [2.24, 2.45) is 10.7 Å². The fraction of sp³-hybridized carbons (Fsp3) is 0.444. The van der Waals surface area contributed by atoms with E-state index in [0.717, 1.165) is 11.3 Å². The molecule has 0 saturated carbocycles. The first-order valence-corrected chi connectivity index (χ1v) is 4.56. The van der Waals surface area contributed by atoms with E-state index in [2.05, 4.69) is 9.98 Å². The number of nitrogens with two attached hydrogens (primary N) is 1. The van der Waals surface area contributed by atoms with Crippen LogP contribution in [0.1, 0.15) is 18.2 Å². The van der Waals surface area contributed by atoms with Crippen molar-refractivity contribution in [3.8, 4) is 0 Å². The highest BCUT2D eigenvalue weighted by Gasteiger charge is 2.17.